The minimum Gasteiger partial charge on any atom is -0.369 e. The Bertz CT molecular complexity index is 313. The van der Waals surface area contributed by atoms with Gasteiger partial charge in [0.15, 0.2) is 0 Å². The van der Waals surface area contributed by atoms with E-state index in [1.165, 1.54) is 18.4 Å². The fraction of sp³-hybridized carbons (Fsp3) is 0.615. The van der Waals surface area contributed by atoms with Gasteiger partial charge in [-0.1, -0.05) is 13.8 Å². The molecule has 0 aromatic carbocycles. The number of hydrogen-bond donors (Lipinski definition) is 1. The van der Waals surface area contributed by atoms with Gasteiger partial charge in [0.2, 0.25) is 0 Å². The normalized spacial score (nSPS) is 11.5. The van der Waals surface area contributed by atoms with E-state index >= 15 is 0 Å². The largest absolute Gasteiger partial charge is 0.369 e. The van der Waals surface area contributed by atoms with Crippen LogP contribution in [0.3, 0.4) is 0 Å². The molecule has 2 nitrogen and oxygen atoms in total. The molecular weight excluding hydrogens is 216 g/mol. The van der Waals surface area contributed by atoms with Crippen LogP contribution in [0, 0.1) is 6.92 Å². The molecule has 0 bridgehead atoms. The second kappa shape index (κ2) is 6.14. The lowest BCUT2D eigenvalue weighted by Crippen LogP contribution is -2.32. The molecule has 3 heteroatoms. The highest BCUT2D eigenvalue weighted by molar-refractivity contribution is 8.00. The smallest absolute Gasteiger partial charge is 0.126 e. The first-order valence-electron chi connectivity index (χ1n) is 5.87. The molecule has 1 aromatic rings. The first kappa shape index (κ1) is 13.4. The summed E-state index contributed by atoms with van der Waals surface area (Å²) in [4.78, 5) is 4.33. The zero-order valence-corrected chi connectivity index (χ0v) is 11.5. The van der Waals surface area contributed by atoms with Crippen molar-refractivity contribution < 1.29 is 0 Å². The van der Waals surface area contributed by atoms with Gasteiger partial charge in [0.25, 0.3) is 0 Å². The lowest BCUT2D eigenvalue weighted by atomic mass is 10.0. The first-order valence-corrected chi connectivity index (χ1v) is 7.10. The van der Waals surface area contributed by atoms with Crippen molar-refractivity contribution in [2.24, 2.45) is 0 Å². The van der Waals surface area contributed by atoms with E-state index in [4.69, 9.17) is 0 Å². The molecule has 1 heterocycles. The predicted molar refractivity (Wildman–Crippen MR) is 74.3 cm³/mol. The molecule has 0 radical (unpaired) electrons. The fourth-order valence-corrected chi connectivity index (χ4v) is 2.54. The minimum absolute atomic E-state index is 0.339. The van der Waals surface area contributed by atoms with Crippen LogP contribution in [0.1, 0.15) is 32.3 Å². The summed E-state index contributed by atoms with van der Waals surface area (Å²) < 4.78 is 0.339. The molecule has 0 amide bonds. The van der Waals surface area contributed by atoms with Crippen molar-refractivity contribution in [2.75, 3.05) is 18.1 Å². The van der Waals surface area contributed by atoms with Gasteiger partial charge in [0.05, 0.1) is 0 Å². The molecule has 0 aliphatic heterocycles. The summed E-state index contributed by atoms with van der Waals surface area (Å²) in [5.41, 5.74) is 1.25. The number of aromatic nitrogens is 1. The minimum atomic E-state index is 0.339. The molecule has 0 aliphatic carbocycles. The van der Waals surface area contributed by atoms with Gasteiger partial charge in [-0.05, 0) is 43.7 Å². The maximum absolute atomic E-state index is 4.33. The van der Waals surface area contributed by atoms with Gasteiger partial charge in [-0.3, -0.25) is 0 Å². The Labute approximate surface area is 103 Å². The van der Waals surface area contributed by atoms with E-state index in [1.807, 2.05) is 24.0 Å². The molecule has 0 unspecified atom stereocenters. The first-order chi connectivity index (χ1) is 7.65. The predicted octanol–water partition coefficient (Wildman–Crippen LogP) is 3.72. The van der Waals surface area contributed by atoms with Gasteiger partial charge in [-0.2, -0.15) is 11.8 Å². The fourth-order valence-electron chi connectivity index (χ4n) is 1.75. The van der Waals surface area contributed by atoms with E-state index < -0.39 is 0 Å². The van der Waals surface area contributed by atoms with E-state index in [0.29, 0.717) is 4.75 Å². The van der Waals surface area contributed by atoms with Crippen LogP contribution in [0.2, 0.25) is 0 Å². The zero-order chi connectivity index (χ0) is 12.0. The van der Waals surface area contributed by atoms with Gasteiger partial charge < -0.3 is 5.32 Å². The molecule has 90 valence electrons. The number of thioether (sulfide) groups is 1. The number of pyridine rings is 1. The van der Waals surface area contributed by atoms with Crippen LogP contribution in [0.5, 0.6) is 0 Å². The summed E-state index contributed by atoms with van der Waals surface area (Å²) in [7, 11) is 0. The third-order valence-electron chi connectivity index (χ3n) is 3.23. The molecule has 1 rings (SSSR count). The van der Waals surface area contributed by atoms with Crippen LogP contribution < -0.4 is 5.32 Å². The number of nitrogens with zero attached hydrogens (tertiary/aromatic N) is 1. The topological polar surface area (TPSA) is 24.9 Å². The van der Waals surface area contributed by atoms with Crippen molar-refractivity contribution in [1.82, 2.24) is 4.98 Å². The molecule has 0 saturated carbocycles. The summed E-state index contributed by atoms with van der Waals surface area (Å²) in [5.74, 6) is 0.986. The summed E-state index contributed by atoms with van der Waals surface area (Å²) in [6, 6.07) is 4.11. The second-order valence-electron chi connectivity index (χ2n) is 4.17. The van der Waals surface area contributed by atoms with Gasteiger partial charge in [-0.25, -0.2) is 4.98 Å². The number of rotatable bonds is 6. The van der Waals surface area contributed by atoms with E-state index in [2.05, 4.69) is 43.4 Å². The second-order valence-corrected chi connectivity index (χ2v) is 5.44. The number of aryl methyl sites for hydroxylation is 1. The average Bonchev–Trinajstić information content (AvgIpc) is 2.32. The van der Waals surface area contributed by atoms with E-state index in [-0.39, 0.29) is 0 Å². The Kier molecular flexibility index (Phi) is 5.13. The van der Waals surface area contributed by atoms with Gasteiger partial charge in [-0.15, -0.1) is 0 Å². The summed E-state index contributed by atoms with van der Waals surface area (Å²) in [6.07, 6.45) is 6.42. The summed E-state index contributed by atoms with van der Waals surface area (Å²) in [5, 5.41) is 3.45. The van der Waals surface area contributed by atoms with Crippen LogP contribution in [-0.4, -0.2) is 22.5 Å². The molecule has 0 spiro atoms. The highest BCUT2D eigenvalue weighted by Gasteiger charge is 2.24. The number of hydrogen-bond acceptors (Lipinski definition) is 3. The molecule has 16 heavy (non-hydrogen) atoms. The van der Waals surface area contributed by atoms with Gasteiger partial charge in [0, 0.05) is 17.5 Å². The Balaban J connectivity index is 2.62. The van der Waals surface area contributed by atoms with Crippen molar-refractivity contribution in [1.29, 1.82) is 0 Å². The molecule has 0 saturated heterocycles. The SMILES string of the molecule is CCC(CC)(CNc1cc(C)ccn1)SC. The van der Waals surface area contributed by atoms with E-state index in [0.717, 1.165) is 12.4 Å². The van der Waals surface area contributed by atoms with Crippen molar-refractivity contribution in [3.05, 3.63) is 23.9 Å². The maximum atomic E-state index is 4.33. The molecule has 0 aliphatic rings. The molecule has 0 atom stereocenters. The molecular formula is C13H22N2S. The zero-order valence-electron chi connectivity index (χ0n) is 10.7. The average molecular weight is 238 g/mol. The molecule has 1 N–H and O–H groups in total. The standard InChI is InChI=1S/C13H22N2S/c1-5-13(6-2,16-4)10-15-12-9-11(3)7-8-14-12/h7-9H,5-6,10H2,1-4H3,(H,14,15). The van der Waals surface area contributed by atoms with Crippen molar-refractivity contribution >= 4 is 17.6 Å². The van der Waals surface area contributed by atoms with Crippen molar-refractivity contribution in [3.8, 4) is 0 Å². The maximum Gasteiger partial charge on any atom is 0.126 e. The third-order valence-corrected chi connectivity index (χ3v) is 4.82. The quantitative estimate of drug-likeness (QED) is 0.817. The van der Waals surface area contributed by atoms with Crippen molar-refractivity contribution in [2.45, 2.75) is 38.4 Å². The Morgan fingerprint density at radius 1 is 1.38 bits per heavy atom. The summed E-state index contributed by atoms with van der Waals surface area (Å²) in [6.45, 7) is 7.59. The lowest BCUT2D eigenvalue weighted by molar-refractivity contribution is 0.574. The molecule has 1 aromatic heterocycles. The van der Waals surface area contributed by atoms with Crippen LogP contribution in [0.15, 0.2) is 18.3 Å². The van der Waals surface area contributed by atoms with Gasteiger partial charge in [0.1, 0.15) is 5.82 Å². The third kappa shape index (κ3) is 3.41. The Morgan fingerprint density at radius 2 is 2.06 bits per heavy atom. The summed E-state index contributed by atoms with van der Waals surface area (Å²) >= 11 is 1.95. The van der Waals surface area contributed by atoms with Crippen LogP contribution >= 0.6 is 11.8 Å². The highest BCUT2D eigenvalue weighted by atomic mass is 32.2. The Morgan fingerprint density at radius 3 is 2.56 bits per heavy atom. The van der Waals surface area contributed by atoms with E-state index in [9.17, 15) is 0 Å². The van der Waals surface area contributed by atoms with Crippen LogP contribution in [-0.2, 0) is 0 Å². The van der Waals surface area contributed by atoms with Crippen LogP contribution in [0.4, 0.5) is 5.82 Å². The number of anilines is 1. The number of nitrogens with one attached hydrogen (secondary N) is 1. The van der Waals surface area contributed by atoms with Crippen LogP contribution in [0.25, 0.3) is 0 Å². The highest BCUT2D eigenvalue weighted by Crippen LogP contribution is 2.30. The van der Waals surface area contributed by atoms with Gasteiger partial charge >= 0.3 is 0 Å². The van der Waals surface area contributed by atoms with E-state index in [1.54, 1.807) is 0 Å². The molecule has 0 fully saturated rings. The Hall–Kier alpha value is -0.700. The monoisotopic (exact) mass is 238 g/mol. The van der Waals surface area contributed by atoms with Crippen molar-refractivity contribution in [3.63, 3.8) is 0 Å². The lowest BCUT2D eigenvalue weighted by Gasteiger charge is -2.30.